The van der Waals surface area contributed by atoms with Crippen LogP contribution in [-0.2, 0) is 23.2 Å². The number of carbonyl (C=O) groups is 1. The van der Waals surface area contributed by atoms with E-state index in [9.17, 15) is 17.6 Å². The lowest BCUT2D eigenvalue weighted by atomic mass is 10.1. The lowest BCUT2D eigenvalue weighted by Gasteiger charge is -2.23. The zero-order valence-corrected chi connectivity index (χ0v) is 20.9. The van der Waals surface area contributed by atoms with E-state index in [0.717, 1.165) is 24.3 Å². The van der Waals surface area contributed by atoms with Gasteiger partial charge in [-0.3, -0.25) is 4.79 Å². The Morgan fingerprint density at radius 3 is 2.35 bits per heavy atom. The Labute approximate surface area is 213 Å². The molecule has 0 fully saturated rings. The van der Waals surface area contributed by atoms with Gasteiger partial charge in [0.15, 0.2) is 0 Å². The monoisotopic (exact) mass is 525 g/mol. The van der Waals surface area contributed by atoms with Crippen LogP contribution in [0.2, 0.25) is 0 Å². The lowest BCUT2D eigenvalue weighted by molar-refractivity contribution is 0.0714. The molecule has 0 aliphatic heterocycles. The Balaban J connectivity index is 1.60. The molecular formula is C27H24FNO7S. The zero-order valence-electron chi connectivity index (χ0n) is 20.1. The topological polar surface area (TPSA) is 95.3 Å². The maximum Gasteiger partial charge on any atom is 0.339 e. The van der Waals surface area contributed by atoms with Crippen molar-refractivity contribution >= 4 is 16.0 Å². The first-order chi connectivity index (χ1) is 17.8. The van der Waals surface area contributed by atoms with Crippen molar-refractivity contribution in [3.8, 4) is 17.2 Å². The molecule has 10 heteroatoms. The smallest absolute Gasteiger partial charge is 0.339 e. The van der Waals surface area contributed by atoms with Crippen LogP contribution < -0.4 is 13.7 Å². The molecule has 0 saturated heterocycles. The van der Waals surface area contributed by atoms with Gasteiger partial charge in [0.1, 0.15) is 33.7 Å². The fourth-order valence-electron chi connectivity index (χ4n) is 3.63. The molecule has 192 valence electrons. The molecule has 8 nitrogen and oxygen atoms in total. The Kier molecular flexibility index (Phi) is 7.78. The third kappa shape index (κ3) is 6.28. The third-order valence-corrected chi connectivity index (χ3v) is 6.69. The first-order valence-electron chi connectivity index (χ1n) is 11.1. The molecule has 0 spiro atoms. The Morgan fingerprint density at radius 2 is 1.68 bits per heavy atom. The average Bonchev–Trinajstić information content (AvgIpc) is 3.41. The summed E-state index contributed by atoms with van der Waals surface area (Å²) in [7, 11) is -1.20. The number of hydrogen-bond acceptors (Lipinski definition) is 7. The molecule has 37 heavy (non-hydrogen) atoms. The Hall–Kier alpha value is -4.31. The van der Waals surface area contributed by atoms with E-state index in [4.69, 9.17) is 18.1 Å². The number of furan rings is 1. The number of rotatable bonds is 10. The number of amides is 1. The Bertz CT molecular complexity index is 1470. The molecule has 0 radical (unpaired) electrons. The van der Waals surface area contributed by atoms with Gasteiger partial charge < -0.3 is 23.0 Å². The summed E-state index contributed by atoms with van der Waals surface area (Å²) in [5.41, 5.74) is 0.931. The number of benzene rings is 3. The highest BCUT2D eigenvalue weighted by Crippen LogP contribution is 2.28. The normalized spacial score (nSPS) is 11.1. The van der Waals surface area contributed by atoms with Gasteiger partial charge in [-0.05, 0) is 66.2 Å². The molecule has 1 amide bonds. The molecule has 0 unspecified atom stereocenters. The zero-order chi connectivity index (χ0) is 26.4. The quantitative estimate of drug-likeness (QED) is 0.268. The summed E-state index contributed by atoms with van der Waals surface area (Å²) in [5.74, 6) is 0.604. The highest BCUT2D eigenvalue weighted by atomic mass is 32.2. The Morgan fingerprint density at radius 1 is 0.892 bits per heavy atom. The van der Waals surface area contributed by atoms with Gasteiger partial charge in [0.05, 0.1) is 32.6 Å². The second kappa shape index (κ2) is 11.2. The predicted octanol–water partition coefficient (Wildman–Crippen LogP) is 5.05. The molecule has 1 aromatic heterocycles. The van der Waals surface area contributed by atoms with Crippen molar-refractivity contribution in [1.29, 1.82) is 0 Å². The summed E-state index contributed by atoms with van der Waals surface area (Å²) in [6.45, 7) is 0.266. The second-order valence-electron chi connectivity index (χ2n) is 7.95. The summed E-state index contributed by atoms with van der Waals surface area (Å²) in [5, 5.41) is 0. The minimum atomic E-state index is -4.18. The van der Waals surface area contributed by atoms with E-state index < -0.39 is 15.9 Å². The molecule has 3 aromatic carbocycles. The summed E-state index contributed by atoms with van der Waals surface area (Å²) in [6.07, 6.45) is 1.51. The number of methoxy groups -OCH3 is 2. The standard InChI is InChI=1S/C27H24FNO7S/c1-33-21-10-13-25(26(16-21)34-2)27(30)29(18-23-7-4-14-35-23)17-19-5-3-6-22(15-19)36-37(31,32)24-11-8-20(28)9-12-24/h3-16H,17-18H2,1-2H3. The van der Waals surface area contributed by atoms with E-state index in [0.29, 0.717) is 28.4 Å². The van der Waals surface area contributed by atoms with Crippen LogP contribution in [0.15, 0.2) is 94.4 Å². The molecule has 4 rings (SSSR count). The van der Waals surface area contributed by atoms with Gasteiger partial charge in [0.25, 0.3) is 5.91 Å². The van der Waals surface area contributed by atoms with Crippen LogP contribution in [0, 0.1) is 5.82 Å². The summed E-state index contributed by atoms with van der Waals surface area (Å²) < 4.78 is 59.8. The van der Waals surface area contributed by atoms with E-state index in [1.807, 2.05) is 0 Å². The van der Waals surface area contributed by atoms with Crippen LogP contribution in [-0.4, -0.2) is 33.4 Å². The van der Waals surface area contributed by atoms with E-state index in [1.54, 1.807) is 42.5 Å². The van der Waals surface area contributed by atoms with Crippen molar-refractivity contribution in [2.75, 3.05) is 14.2 Å². The van der Waals surface area contributed by atoms with Gasteiger partial charge in [-0.15, -0.1) is 0 Å². The molecule has 0 atom stereocenters. The van der Waals surface area contributed by atoms with Gasteiger partial charge in [0, 0.05) is 12.6 Å². The molecule has 4 aromatic rings. The van der Waals surface area contributed by atoms with Crippen LogP contribution in [0.1, 0.15) is 21.7 Å². The van der Waals surface area contributed by atoms with Crippen LogP contribution in [0.25, 0.3) is 0 Å². The molecule has 0 aliphatic carbocycles. The van der Waals surface area contributed by atoms with E-state index in [1.165, 1.54) is 37.5 Å². The number of hydrogen-bond donors (Lipinski definition) is 0. The molecule has 0 saturated carbocycles. The molecule has 0 bridgehead atoms. The van der Waals surface area contributed by atoms with Crippen molar-refractivity contribution in [2.24, 2.45) is 0 Å². The van der Waals surface area contributed by atoms with Crippen molar-refractivity contribution < 1.29 is 35.7 Å². The molecular weight excluding hydrogens is 501 g/mol. The summed E-state index contributed by atoms with van der Waals surface area (Å²) in [4.78, 5) is 14.9. The van der Waals surface area contributed by atoms with Gasteiger partial charge in [-0.2, -0.15) is 8.42 Å². The van der Waals surface area contributed by atoms with Gasteiger partial charge >= 0.3 is 10.1 Å². The lowest BCUT2D eigenvalue weighted by Crippen LogP contribution is -2.30. The third-order valence-electron chi connectivity index (χ3n) is 5.43. The fraction of sp³-hybridized carbons (Fsp3) is 0.148. The van der Waals surface area contributed by atoms with Crippen LogP contribution in [0.5, 0.6) is 17.2 Å². The van der Waals surface area contributed by atoms with Gasteiger partial charge in [-0.1, -0.05) is 12.1 Å². The fourth-order valence-corrected chi connectivity index (χ4v) is 4.55. The molecule has 0 N–H and O–H groups in total. The van der Waals surface area contributed by atoms with E-state index >= 15 is 0 Å². The van der Waals surface area contributed by atoms with E-state index in [-0.39, 0.29) is 29.6 Å². The minimum absolute atomic E-state index is 0.0502. The summed E-state index contributed by atoms with van der Waals surface area (Å²) >= 11 is 0. The highest BCUT2D eigenvalue weighted by Gasteiger charge is 2.23. The van der Waals surface area contributed by atoms with Crippen LogP contribution >= 0.6 is 0 Å². The number of halogens is 1. The van der Waals surface area contributed by atoms with E-state index in [2.05, 4.69) is 0 Å². The number of ether oxygens (including phenoxy) is 2. The maximum atomic E-state index is 13.6. The van der Waals surface area contributed by atoms with Crippen molar-refractivity contribution in [3.63, 3.8) is 0 Å². The first-order valence-corrected chi connectivity index (χ1v) is 12.5. The highest BCUT2D eigenvalue weighted by molar-refractivity contribution is 7.87. The SMILES string of the molecule is COc1ccc(C(=O)N(Cc2cccc(OS(=O)(=O)c3ccc(F)cc3)c2)Cc2ccco2)c(OC)c1. The van der Waals surface area contributed by atoms with Crippen LogP contribution in [0.3, 0.4) is 0 Å². The van der Waals surface area contributed by atoms with Crippen molar-refractivity contribution in [3.05, 3.63) is 108 Å². The van der Waals surface area contributed by atoms with Crippen LogP contribution in [0.4, 0.5) is 4.39 Å². The average molecular weight is 526 g/mol. The number of nitrogens with zero attached hydrogens (tertiary/aromatic N) is 1. The summed E-state index contributed by atoms with van der Waals surface area (Å²) in [6, 6.07) is 19.1. The molecule has 0 aliphatic rings. The number of carbonyl (C=O) groups excluding carboxylic acids is 1. The maximum absolute atomic E-state index is 13.6. The first kappa shape index (κ1) is 25.8. The van der Waals surface area contributed by atoms with Crippen molar-refractivity contribution in [2.45, 2.75) is 18.0 Å². The molecule has 1 heterocycles. The predicted molar refractivity (Wildman–Crippen MR) is 132 cm³/mol. The van der Waals surface area contributed by atoms with Gasteiger partial charge in [-0.25, -0.2) is 4.39 Å². The second-order valence-corrected chi connectivity index (χ2v) is 9.49. The van der Waals surface area contributed by atoms with Crippen molar-refractivity contribution in [1.82, 2.24) is 4.90 Å². The largest absolute Gasteiger partial charge is 0.497 e. The minimum Gasteiger partial charge on any atom is -0.497 e. The van der Waals surface area contributed by atoms with Gasteiger partial charge in [0.2, 0.25) is 0 Å².